The zero-order valence-corrected chi connectivity index (χ0v) is 27.4. The largest absolute Gasteiger partial charge is 0.483 e. The number of ether oxygens (including phenoxy) is 2. The number of anilines is 1. The van der Waals surface area contributed by atoms with Gasteiger partial charge in [0.2, 0.25) is 0 Å². The van der Waals surface area contributed by atoms with E-state index in [1.165, 1.54) is 4.90 Å². The summed E-state index contributed by atoms with van der Waals surface area (Å²) in [5.41, 5.74) is 3.76. The molecule has 0 radical (unpaired) electrons. The fourth-order valence-electron chi connectivity index (χ4n) is 4.88. The molecule has 0 saturated carbocycles. The van der Waals surface area contributed by atoms with E-state index < -0.39 is 17.8 Å². The molecule has 2 amide bonds. The average molecular weight is 602 g/mol. The van der Waals surface area contributed by atoms with Gasteiger partial charge in [-0.25, -0.2) is 9.48 Å². The molecule has 1 atom stereocenters. The van der Waals surface area contributed by atoms with E-state index in [0.29, 0.717) is 41.3 Å². The molecule has 4 aromatic rings. The zero-order valence-electron chi connectivity index (χ0n) is 27.4. The molecule has 2 heterocycles. The Hall–Kier alpha value is -4.67. The van der Waals surface area contributed by atoms with E-state index in [1.54, 1.807) is 42.9 Å². The summed E-state index contributed by atoms with van der Waals surface area (Å²) in [6.45, 7) is 9.81. The van der Waals surface area contributed by atoms with Crippen molar-refractivity contribution in [2.45, 2.75) is 52.7 Å². The summed E-state index contributed by atoms with van der Waals surface area (Å²) in [5.74, 6) is 1.04. The molecule has 2 aromatic heterocycles. The molecule has 11 nitrogen and oxygen atoms in total. The van der Waals surface area contributed by atoms with E-state index in [-0.39, 0.29) is 5.91 Å². The number of hydrogen-bond donors (Lipinski definition) is 0. The summed E-state index contributed by atoms with van der Waals surface area (Å²) < 4.78 is 14.1. The van der Waals surface area contributed by atoms with Gasteiger partial charge in [0, 0.05) is 53.8 Å². The molecule has 11 heteroatoms. The normalized spacial score (nSPS) is 12.1. The Morgan fingerprint density at radius 1 is 0.955 bits per heavy atom. The van der Waals surface area contributed by atoms with Crippen LogP contribution in [0, 0.1) is 13.8 Å². The lowest BCUT2D eigenvalue weighted by Crippen LogP contribution is -2.35. The van der Waals surface area contributed by atoms with Crippen LogP contribution in [0.5, 0.6) is 5.75 Å². The lowest BCUT2D eigenvalue weighted by atomic mass is 10.1. The van der Waals surface area contributed by atoms with E-state index in [9.17, 15) is 9.59 Å². The van der Waals surface area contributed by atoms with Gasteiger partial charge in [0.1, 0.15) is 28.7 Å². The van der Waals surface area contributed by atoms with Gasteiger partial charge in [-0.1, -0.05) is 30.3 Å². The smallest absolute Gasteiger partial charge is 0.410 e. The highest BCUT2D eigenvalue weighted by molar-refractivity contribution is 5.95. The molecular weight excluding hydrogens is 558 g/mol. The van der Waals surface area contributed by atoms with Crippen molar-refractivity contribution < 1.29 is 19.1 Å². The van der Waals surface area contributed by atoms with Crippen LogP contribution in [0.15, 0.2) is 48.5 Å². The molecular formula is C33H43N7O4. The minimum Gasteiger partial charge on any atom is -0.483 e. The second-order valence-corrected chi connectivity index (χ2v) is 12.3. The van der Waals surface area contributed by atoms with Crippen molar-refractivity contribution in [2.75, 3.05) is 46.7 Å². The molecule has 0 N–H and O–H groups in total. The number of rotatable bonds is 9. The molecule has 0 spiro atoms. The number of hydrogen-bond acceptors (Lipinski definition) is 8. The Balaban J connectivity index is 1.81. The number of nitrogens with zero attached hydrogens (tertiary/aromatic N) is 7. The SMILES string of the molecule is Cc1nnc(N(C)C)c2nn(-c3cc(C(=O)N(C)C)ccc3OC(CCN(C)C(=O)OC(C)(C)C)c3ccccc3)c(C)c12. The van der Waals surface area contributed by atoms with Crippen LogP contribution in [-0.2, 0) is 4.74 Å². The summed E-state index contributed by atoms with van der Waals surface area (Å²) in [7, 11) is 8.95. The Morgan fingerprint density at radius 2 is 1.64 bits per heavy atom. The number of carbonyl (C=O) groups excluding carboxylic acids is 2. The number of carbonyl (C=O) groups is 2. The predicted molar refractivity (Wildman–Crippen MR) is 172 cm³/mol. The first-order valence-corrected chi connectivity index (χ1v) is 14.6. The molecule has 44 heavy (non-hydrogen) atoms. The summed E-state index contributed by atoms with van der Waals surface area (Å²) in [5, 5.41) is 14.6. The second kappa shape index (κ2) is 12.9. The first kappa shape index (κ1) is 32.2. The highest BCUT2D eigenvalue weighted by Crippen LogP contribution is 2.35. The van der Waals surface area contributed by atoms with Gasteiger partial charge < -0.3 is 24.2 Å². The monoisotopic (exact) mass is 601 g/mol. The molecule has 0 aliphatic rings. The van der Waals surface area contributed by atoms with Gasteiger partial charge in [0.05, 0.1) is 16.8 Å². The number of fused-ring (bicyclic) bond motifs is 1. The Bertz CT molecular complexity index is 1640. The van der Waals surface area contributed by atoms with Crippen LogP contribution < -0.4 is 9.64 Å². The first-order chi connectivity index (χ1) is 20.7. The van der Waals surface area contributed by atoms with Gasteiger partial charge in [-0.3, -0.25) is 4.79 Å². The van der Waals surface area contributed by atoms with Crippen LogP contribution in [0.25, 0.3) is 16.6 Å². The van der Waals surface area contributed by atoms with Crippen LogP contribution in [0.3, 0.4) is 0 Å². The van der Waals surface area contributed by atoms with Crippen molar-refractivity contribution >= 4 is 28.7 Å². The number of aromatic nitrogens is 4. The maximum atomic E-state index is 13.1. The standard InChI is InChI=1S/C33H43N7O4/c1-21-28-22(2)40(36-29(28)30(35-34-21)37(6)7)25-20-24(31(41)38(8)9)16-17-27(25)43-26(23-14-12-11-13-15-23)18-19-39(10)32(42)44-33(3,4)5/h11-17,20,26H,18-19H2,1-10H3. The molecule has 0 saturated heterocycles. The highest BCUT2D eigenvalue weighted by Gasteiger charge is 2.25. The molecule has 1 unspecified atom stereocenters. The lowest BCUT2D eigenvalue weighted by molar-refractivity contribution is 0.0278. The third-order valence-corrected chi connectivity index (χ3v) is 7.12. The third-order valence-electron chi connectivity index (χ3n) is 7.12. The molecule has 0 fully saturated rings. The zero-order chi connectivity index (χ0) is 32.3. The van der Waals surface area contributed by atoms with Crippen molar-refractivity contribution in [1.29, 1.82) is 0 Å². The quantitative estimate of drug-likeness (QED) is 0.245. The number of aryl methyl sites for hydroxylation is 2. The van der Waals surface area contributed by atoms with Gasteiger partial charge in [-0.15, -0.1) is 5.10 Å². The van der Waals surface area contributed by atoms with Crippen molar-refractivity contribution in [1.82, 2.24) is 29.8 Å². The molecule has 2 aromatic carbocycles. The fourth-order valence-corrected chi connectivity index (χ4v) is 4.88. The van der Waals surface area contributed by atoms with E-state index in [1.807, 2.05) is 90.0 Å². The van der Waals surface area contributed by atoms with Crippen molar-refractivity contribution in [3.05, 3.63) is 71.0 Å². The molecule has 234 valence electrons. The Morgan fingerprint density at radius 3 is 2.25 bits per heavy atom. The maximum absolute atomic E-state index is 13.1. The van der Waals surface area contributed by atoms with E-state index in [2.05, 4.69) is 10.2 Å². The predicted octanol–water partition coefficient (Wildman–Crippen LogP) is 5.58. The van der Waals surface area contributed by atoms with Crippen molar-refractivity contribution in [2.24, 2.45) is 0 Å². The number of amides is 2. The van der Waals surface area contributed by atoms with Crippen molar-refractivity contribution in [3.8, 4) is 11.4 Å². The Labute approximate surface area is 259 Å². The third kappa shape index (κ3) is 7.10. The van der Waals surface area contributed by atoms with E-state index in [4.69, 9.17) is 14.6 Å². The van der Waals surface area contributed by atoms with Gasteiger partial charge >= 0.3 is 6.09 Å². The topological polar surface area (TPSA) is 106 Å². The van der Waals surface area contributed by atoms with Crippen molar-refractivity contribution in [3.63, 3.8) is 0 Å². The molecule has 0 bridgehead atoms. The van der Waals surface area contributed by atoms with Gasteiger partial charge in [-0.05, 0) is 58.4 Å². The summed E-state index contributed by atoms with van der Waals surface area (Å²) >= 11 is 0. The van der Waals surface area contributed by atoms with Crippen LogP contribution >= 0.6 is 0 Å². The van der Waals surface area contributed by atoms with E-state index >= 15 is 0 Å². The summed E-state index contributed by atoms with van der Waals surface area (Å²) in [6.07, 6.45) is -0.317. The lowest BCUT2D eigenvalue weighted by Gasteiger charge is -2.27. The summed E-state index contributed by atoms with van der Waals surface area (Å²) in [4.78, 5) is 30.7. The molecule has 0 aliphatic heterocycles. The minimum atomic E-state index is -0.595. The first-order valence-electron chi connectivity index (χ1n) is 14.6. The maximum Gasteiger partial charge on any atom is 0.410 e. The van der Waals surface area contributed by atoms with Gasteiger partial charge in [0.15, 0.2) is 5.82 Å². The molecule has 4 rings (SSSR count). The minimum absolute atomic E-state index is 0.140. The van der Waals surface area contributed by atoms with E-state index in [0.717, 1.165) is 22.3 Å². The number of benzene rings is 2. The fraction of sp³-hybridized carbons (Fsp3) is 0.424. The van der Waals surface area contributed by atoms with Crippen LogP contribution in [0.2, 0.25) is 0 Å². The summed E-state index contributed by atoms with van der Waals surface area (Å²) in [6, 6.07) is 15.2. The van der Waals surface area contributed by atoms with Gasteiger partial charge in [-0.2, -0.15) is 10.2 Å². The average Bonchev–Trinajstić information content (AvgIpc) is 3.31. The molecule has 0 aliphatic carbocycles. The van der Waals surface area contributed by atoms with Gasteiger partial charge in [0.25, 0.3) is 5.91 Å². The highest BCUT2D eigenvalue weighted by atomic mass is 16.6. The van der Waals surface area contributed by atoms with Crippen LogP contribution in [-0.4, -0.2) is 89.2 Å². The Kier molecular flexibility index (Phi) is 9.46. The van der Waals surface area contributed by atoms with Crippen LogP contribution in [0.1, 0.15) is 60.6 Å². The van der Waals surface area contributed by atoms with Crippen LogP contribution in [0.4, 0.5) is 10.6 Å². The second-order valence-electron chi connectivity index (χ2n) is 12.3.